The van der Waals surface area contributed by atoms with Gasteiger partial charge in [0.05, 0.1) is 20.4 Å². The summed E-state index contributed by atoms with van der Waals surface area (Å²) < 4.78 is 29.5. The highest BCUT2D eigenvalue weighted by atomic mass is 16.5. The summed E-state index contributed by atoms with van der Waals surface area (Å²) in [6, 6.07) is 38.0. The van der Waals surface area contributed by atoms with Gasteiger partial charge in [-0.05, 0) is 52.6 Å². The molecule has 0 saturated carbocycles. The average molecular weight is 603 g/mol. The van der Waals surface area contributed by atoms with E-state index in [0.717, 1.165) is 22.3 Å². The molecule has 5 rings (SSSR count). The Morgan fingerprint density at radius 2 is 1.09 bits per heavy atom. The molecule has 0 saturated heterocycles. The Bertz CT molecular complexity index is 1650. The Morgan fingerprint density at radius 3 is 1.58 bits per heavy atom. The second-order valence-corrected chi connectivity index (χ2v) is 9.94. The van der Waals surface area contributed by atoms with Gasteiger partial charge in [0.1, 0.15) is 19.8 Å². The van der Waals surface area contributed by atoms with Crippen molar-refractivity contribution in [3.8, 4) is 28.7 Å². The van der Waals surface area contributed by atoms with Gasteiger partial charge < -0.3 is 23.7 Å². The van der Waals surface area contributed by atoms with Crippen LogP contribution in [0.2, 0.25) is 0 Å². The lowest BCUT2D eigenvalue weighted by molar-refractivity contribution is 0.0953. The van der Waals surface area contributed by atoms with Crippen LogP contribution in [0.1, 0.15) is 32.6 Å². The number of rotatable bonds is 14. The Balaban J connectivity index is 1.44. The van der Waals surface area contributed by atoms with Crippen LogP contribution in [-0.2, 0) is 19.8 Å². The van der Waals surface area contributed by atoms with Crippen LogP contribution in [0.3, 0.4) is 0 Å². The third kappa shape index (κ3) is 8.64. The van der Waals surface area contributed by atoms with Crippen molar-refractivity contribution >= 4 is 12.1 Å². The van der Waals surface area contributed by atoms with Crippen LogP contribution in [0.15, 0.2) is 126 Å². The molecule has 0 heterocycles. The number of carbonyl (C=O) groups excluding carboxylic acids is 1. The summed E-state index contributed by atoms with van der Waals surface area (Å²) in [5.41, 5.74) is 6.52. The summed E-state index contributed by atoms with van der Waals surface area (Å²) in [5, 5.41) is 4.16. The Hall–Kier alpha value is -5.76. The van der Waals surface area contributed by atoms with Crippen molar-refractivity contribution in [2.45, 2.75) is 19.8 Å². The van der Waals surface area contributed by atoms with Gasteiger partial charge in [0.25, 0.3) is 5.91 Å². The summed E-state index contributed by atoms with van der Waals surface area (Å²) in [4.78, 5) is 13.4. The summed E-state index contributed by atoms with van der Waals surface area (Å²) >= 11 is 0. The second-order valence-electron chi connectivity index (χ2n) is 9.94. The zero-order chi connectivity index (χ0) is 31.3. The summed E-state index contributed by atoms with van der Waals surface area (Å²) in [6.45, 7) is 0.817. The van der Waals surface area contributed by atoms with E-state index in [0.29, 0.717) is 28.7 Å². The fourth-order valence-electron chi connectivity index (χ4n) is 4.43. The van der Waals surface area contributed by atoms with Gasteiger partial charge in [0.2, 0.25) is 5.75 Å². The van der Waals surface area contributed by atoms with E-state index in [4.69, 9.17) is 23.7 Å². The van der Waals surface area contributed by atoms with Crippen LogP contribution in [0.5, 0.6) is 28.7 Å². The van der Waals surface area contributed by atoms with Crippen LogP contribution >= 0.6 is 0 Å². The van der Waals surface area contributed by atoms with Gasteiger partial charge in [0, 0.05) is 5.56 Å². The van der Waals surface area contributed by atoms with Crippen molar-refractivity contribution in [1.82, 2.24) is 5.43 Å². The number of nitrogens with one attached hydrogen (secondary N) is 1. The lowest BCUT2D eigenvalue weighted by atomic mass is 10.1. The molecule has 0 aliphatic carbocycles. The molecule has 45 heavy (non-hydrogen) atoms. The molecule has 8 nitrogen and oxygen atoms in total. The van der Waals surface area contributed by atoms with E-state index in [1.165, 1.54) is 6.21 Å². The molecule has 0 radical (unpaired) electrons. The molecule has 0 aromatic heterocycles. The Kier molecular flexibility index (Phi) is 10.7. The van der Waals surface area contributed by atoms with Gasteiger partial charge >= 0.3 is 0 Å². The second kappa shape index (κ2) is 15.6. The molecule has 0 aliphatic heterocycles. The smallest absolute Gasteiger partial charge is 0.271 e. The first-order chi connectivity index (χ1) is 22.1. The van der Waals surface area contributed by atoms with Crippen molar-refractivity contribution in [3.05, 3.63) is 149 Å². The van der Waals surface area contributed by atoms with Crippen LogP contribution < -0.4 is 29.1 Å². The lowest BCUT2D eigenvalue weighted by Crippen LogP contribution is -2.18. The molecule has 228 valence electrons. The van der Waals surface area contributed by atoms with E-state index < -0.39 is 5.91 Å². The minimum absolute atomic E-state index is 0.267. The highest BCUT2D eigenvalue weighted by Crippen LogP contribution is 2.40. The summed E-state index contributed by atoms with van der Waals surface area (Å²) in [5.74, 6) is 1.84. The van der Waals surface area contributed by atoms with E-state index in [2.05, 4.69) is 10.5 Å². The quantitative estimate of drug-likeness (QED) is 0.107. The van der Waals surface area contributed by atoms with E-state index in [-0.39, 0.29) is 25.4 Å². The number of ether oxygens (including phenoxy) is 5. The van der Waals surface area contributed by atoms with Gasteiger partial charge in [-0.25, -0.2) is 5.43 Å². The molecule has 0 unspecified atom stereocenters. The number of nitrogens with zero attached hydrogens (tertiary/aromatic N) is 1. The molecule has 8 heteroatoms. The molecular formula is C37H34N2O6. The van der Waals surface area contributed by atoms with Gasteiger partial charge in [-0.3, -0.25) is 4.79 Å². The Morgan fingerprint density at radius 1 is 0.600 bits per heavy atom. The number of amides is 1. The molecule has 0 aliphatic rings. The van der Waals surface area contributed by atoms with Crippen LogP contribution in [0.4, 0.5) is 0 Å². The van der Waals surface area contributed by atoms with Crippen molar-refractivity contribution in [3.63, 3.8) is 0 Å². The molecule has 5 aromatic rings. The minimum atomic E-state index is -0.449. The predicted octanol–water partition coefficient (Wildman–Crippen LogP) is 7.20. The van der Waals surface area contributed by atoms with Crippen LogP contribution in [0, 0.1) is 0 Å². The first-order valence-corrected chi connectivity index (χ1v) is 14.4. The topological polar surface area (TPSA) is 87.6 Å². The van der Waals surface area contributed by atoms with Crippen molar-refractivity contribution in [2.75, 3.05) is 14.2 Å². The highest BCUT2D eigenvalue weighted by Gasteiger charge is 2.20. The molecule has 0 bridgehead atoms. The summed E-state index contributed by atoms with van der Waals surface area (Å²) in [6.07, 6.45) is 1.52. The monoisotopic (exact) mass is 602 g/mol. The highest BCUT2D eigenvalue weighted by molar-refractivity contribution is 5.96. The fourth-order valence-corrected chi connectivity index (χ4v) is 4.43. The zero-order valence-electron chi connectivity index (χ0n) is 25.1. The van der Waals surface area contributed by atoms with Gasteiger partial charge in [-0.1, -0.05) is 91.0 Å². The number of carbonyl (C=O) groups is 1. The summed E-state index contributed by atoms with van der Waals surface area (Å²) in [7, 11) is 3.13. The van der Waals surface area contributed by atoms with Crippen molar-refractivity contribution in [1.29, 1.82) is 0 Å². The van der Waals surface area contributed by atoms with Crippen molar-refractivity contribution in [2.24, 2.45) is 5.10 Å². The third-order valence-electron chi connectivity index (χ3n) is 6.77. The molecule has 1 N–H and O–H groups in total. The molecular weight excluding hydrogens is 568 g/mol. The Labute approximate surface area is 262 Å². The van der Waals surface area contributed by atoms with E-state index in [1.54, 1.807) is 44.6 Å². The van der Waals surface area contributed by atoms with Gasteiger partial charge in [-0.2, -0.15) is 5.10 Å². The van der Waals surface area contributed by atoms with Crippen LogP contribution in [-0.4, -0.2) is 26.3 Å². The third-order valence-corrected chi connectivity index (χ3v) is 6.77. The minimum Gasteiger partial charge on any atom is -0.493 e. The van der Waals surface area contributed by atoms with Gasteiger partial charge in [-0.15, -0.1) is 0 Å². The maximum Gasteiger partial charge on any atom is 0.271 e. The molecule has 0 fully saturated rings. The molecule has 5 aromatic carbocycles. The lowest BCUT2D eigenvalue weighted by Gasteiger charge is -2.19. The van der Waals surface area contributed by atoms with E-state index >= 15 is 0 Å². The van der Waals surface area contributed by atoms with Gasteiger partial charge in [0.15, 0.2) is 23.0 Å². The number of methoxy groups -OCH3 is 2. The average Bonchev–Trinajstić information content (AvgIpc) is 3.10. The first-order valence-electron chi connectivity index (χ1n) is 14.4. The number of hydrogen-bond acceptors (Lipinski definition) is 7. The molecule has 0 atom stereocenters. The molecule has 0 spiro atoms. The fraction of sp³-hybridized carbons (Fsp3) is 0.135. The van der Waals surface area contributed by atoms with E-state index in [1.807, 2.05) is 91.0 Å². The van der Waals surface area contributed by atoms with E-state index in [9.17, 15) is 4.79 Å². The standard InChI is InChI=1S/C37H34N2O6/c1-41-32-19-18-30(20-33(32)42-2)23-38-39-37(40)31-21-34(43-24-27-12-6-3-7-13-27)36(45-26-29-16-10-5-11-17-29)35(22-31)44-25-28-14-8-4-9-15-28/h3-23H,24-26H2,1-2H3,(H,39,40)/b38-23-. The number of benzene rings is 5. The first kappa shape index (κ1) is 30.7. The number of hydrazone groups is 1. The maximum absolute atomic E-state index is 13.4. The predicted molar refractivity (Wildman–Crippen MR) is 173 cm³/mol. The zero-order valence-corrected chi connectivity index (χ0v) is 25.1. The maximum atomic E-state index is 13.4. The largest absolute Gasteiger partial charge is 0.493 e. The van der Waals surface area contributed by atoms with Crippen LogP contribution in [0.25, 0.3) is 0 Å². The molecule has 1 amide bonds. The number of hydrogen-bond donors (Lipinski definition) is 1. The normalized spacial score (nSPS) is 10.7. The SMILES string of the molecule is COc1ccc(/C=N\NC(=O)c2cc(OCc3ccccc3)c(OCc3ccccc3)c(OCc3ccccc3)c2)cc1OC. The van der Waals surface area contributed by atoms with Crippen molar-refractivity contribution < 1.29 is 28.5 Å².